The molecule has 0 aliphatic carbocycles. The highest BCUT2D eigenvalue weighted by Gasteiger charge is 2.17. The van der Waals surface area contributed by atoms with Gasteiger partial charge in [0.05, 0.1) is 16.7 Å². The second-order valence-corrected chi connectivity index (χ2v) is 11.8. The first-order chi connectivity index (χ1) is 22.8. The summed E-state index contributed by atoms with van der Waals surface area (Å²) in [5.74, 6) is 0. The lowest BCUT2D eigenvalue weighted by Crippen LogP contribution is -1.88. The van der Waals surface area contributed by atoms with Gasteiger partial charge in [-0.15, -0.1) is 0 Å². The van der Waals surface area contributed by atoms with Gasteiger partial charge >= 0.3 is 0 Å². The van der Waals surface area contributed by atoms with E-state index in [9.17, 15) is 0 Å². The lowest BCUT2D eigenvalue weighted by molar-refractivity contribution is 0.633. The average Bonchev–Trinajstić information content (AvgIpc) is 3.69. The molecule has 0 radical (unpaired) electrons. The molecule has 46 heavy (non-hydrogen) atoms. The maximum absolute atomic E-state index is 6.44. The Bertz CT molecular complexity index is 2790. The van der Waals surface area contributed by atoms with Gasteiger partial charge in [0.2, 0.25) is 0 Å². The molecule has 0 atom stereocenters. The highest BCUT2D eigenvalue weighted by Crippen LogP contribution is 2.41. The van der Waals surface area contributed by atoms with Crippen LogP contribution in [-0.4, -0.2) is 9.97 Å². The second kappa shape index (κ2) is 9.62. The molecule has 4 aromatic heterocycles. The van der Waals surface area contributed by atoms with E-state index in [-0.39, 0.29) is 0 Å². The summed E-state index contributed by atoms with van der Waals surface area (Å²) in [5, 5.41) is 6.44. The molecule has 0 aliphatic heterocycles. The van der Waals surface area contributed by atoms with Crippen molar-refractivity contribution < 1.29 is 8.83 Å². The van der Waals surface area contributed by atoms with E-state index in [0.717, 1.165) is 93.6 Å². The fraction of sp³-hybridized carbons (Fsp3) is 0. The maximum atomic E-state index is 6.44. The normalized spacial score (nSPS) is 11.9. The standard InChI is InChI=1S/C42H24N2O2/c1-2-5-25(6-3-1)30-15-20-37-34(23-30)32-17-18-33-35-24-31(16-21-38(35)46-42(33)41(32)45-37)26-8-10-27(11-9-26)36-19-14-29-13-12-28-7-4-22-43-39(28)40(29)44-36/h1-24H. The molecule has 0 fully saturated rings. The molecular weight excluding hydrogens is 564 g/mol. The van der Waals surface area contributed by atoms with Gasteiger partial charge in [-0.25, -0.2) is 4.98 Å². The van der Waals surface area contributed by atoms with E-state index in [1.165, 1.54) is 5.56 Å². The molecule has 10 rings (SSSR count). The van der Waals surface area contributed by atoms with Crippen molar-refractivity contribution in [1.29, 1.82) is 0 Å². The maximum Gasteiger partial charge on any atom is 0.178 e. The van der Waals surface area contributed by atoms with Gasteiger partial charge in [0, 0.05) is 44.1 Å². The summed E-state index contributed by atoms with van der Waals surface area (Å²) in [7, 11) is 0. The fourth-order valence-electron chi connectivity index (χ4n) is 6.78. The summed E-state index contributed by atoms with van der Waals surface area (Å²) in [5.41, 5.74) is 11.7. The Hall–Kier alpha value is -6.26. The van der Waals surface area contributed by atoms with Crippen LogP contribution in [0.1, 0.15) is 0 Å². The van der Waals surface area contributed by atoms with Gasteiger partial charge in [0.25, 0.3) is 0 Å². The molecule has 6 aromatic carbocycles. The van der Waals surface area contributed by atoms with Crippen LogP contribution in [0.4, 0.5) is 0 Å². The first-order valence-corrected chi connectivity index (χ1v) is 15.4. The molecule has 0 amide bonds. The highest BCUT2D eigenvalue weighted by molar-refractivity contribution is 6.19. The van der Waals surface area contributed by atoms with Gasteiger partial charge < -0.3 is 8.83 Å². The van der Waals surface area contributed by atoms with Crippen LogP contribution in [0.3, 0.4) is 0 Å². The Labute approximate surface area is 263 Å². The van der Waals surface area contributed by atoms with Crippen molar-refractivity contribution in [2.45, 2.75) is 0 Å². The molecule has 4 nitrogen and oxygen atoms in total. The predicted molar refractivity (Wildman–Crippen MR) is 188 cm³/mol. The summed E-state index contributed by atoms with van der Waals surface area (Å²) in [6, 6.07) is 48.6. The van der Waals surface area contributed by atoms with Crippen LogP contribution >= 0.6 is 0 Å². The molecule has 4 heteroatoms. The van der Waals surface area contributed by atoms with Crippen LogP contribution in [0.5, 0.6) is 0 Å². The number of nitrogens with zero attached hydrogens (tertiary/aromatic N) is 2. The minimum absolute atomic E-state index is 0.779. The van der Waals surface area contributed by atoms with Crippen molar-refractivity contribution in [3.63, 3.8) is 0 Å². The highest BCUT2D eigenvalue weighted by atomic mass is 16.4. The smallest absolute Gasteiger partial charge is 0.178 e. The third-order valence-electron chi connectivity index (χ3n) is 9.13. The van der Waals surface area contributed by atoms with Crippen molar-refractivity contribution in [3.8, 4) is 33.5 Å². The van der Waals surface area contributed by atoms with Crippen molar-refractivity contribution >= 4 is 65.7 Å². The van der Waals surface area contributed by atoms with Gasteiger partial charge in [-0.1, -0.05) is 91.0 Å². The van der Waals surface area contributed by atoms with E-state index >= 15 is 0 Å². The quantitative estimate of drug-likeness (QED) is 0.193. The minimum atomic E-state index is 0.779. The van der Waals surface area contributed by atoms with Crippen LogP contribution in [0.2, 0.25) is 0 Å². The zero-order valence-electron chi connectivity index (χ0n) is 24.6. The third-order valence-corrected chi connectivity index (χ3v) is 9.13. The first kappa shape index (κ1) is 25.1. The number of hydrogen-bond acceptors (Lipinski definition) is 4. The van der Waals surface area contributed by atoms with Crippen molar-refractivity contribution in [1.82, 2.24) is 9.97 Å². The molecule has 0 unspecified atom stereocenters. The first-order valence-electron chi connectivity index (χ1n) is 15.4. The van der Waals surface area contributed by atoms with Crippen molar-refractivity contribution in [2.75, 3.05) is 0 Å². The summed E-state index contributed by atoms with van der Waals surface area (Å²) in [6.45, 7) is 0. The number of fused-ring (bicyclic) bond motifs is 10. The number of rotatable bonds is 3. The van der Waals surface area contributed by atoms with Crippen molar-refractivity contribution in [3.05, 3.63) is 146 Å². The fourth-order valence-corrected chi connectivity index (χ4v) is 6.78. The van der Waals surface area contributed by atoms with Crippen LogP contribution < -0.4 is 0 Å². The predicted octanol–water partition coefficient (Wildman–Crippen LogP) is 11.6. The van der Waals surface area contributed by atoms with E-state index in [1.807, 2.05) is 18.3 Å². The minimum Gasteiger partial charge on any atom is -0.452 e. The van der Waals surface area contributed by atoms with Gasteiger partial charge in [-0.3, -0.25) is 4.98 Å². The number of benzene rings is 6. The molecule has 0 N–H and O–H groups in total. The SMILES string of the molecule is c1ccc(-c2ccc3oc4c(ccc5c6cc(-c7ccc(-c8ccc9ccc%10cccnc%10c9n8)cc7)ccc6oc54)c3c2)cc1. The van der Waals surface area contributed by atoms with Gasteiger partial charge in [-0.2, -0.15) is 0 Å². The summed E-state index contributed by atoms with van der Waals surface area (Å²) in [4.78, 5) is 9.63. The summed E-state index contributed by atoms with van der Waals surface area (Å²) >= 11 is 0. The van der Waals surface area contributed by atoms with Crippen LogP contribution in [0.25, 0.3) is 99.2 Å². The molecule has 214 valence electrons. The van der Waals surface area contributed by atoms with Gasteiger partial charge in [0.15, 0.2) is 11.2 Å². The molecule has 0 saturated heterocycles. The van der Waals surface area contributed by atoms with Gasteiger partial charge in [0.1, 0.15) is 11.2 Å². The largest absolute Gasteiger partial charge is 0.452 e. The van der Waals surface area contributed by atoms with Crippen LogP contribution in [0.15, 0.2) is 155 Å². The van der Waals surface area contributed by atoms with E-state index in [1.54, 1.807) is 0 Å². The monoisotopic (exact) mass is 588 g/mol. The molecule has 10 aromatic rings. The lowest BCUT2D eigenvalue weighted by Gasteiger charge is -2.07. The number of aromatic nitrogens is 2. The molecular formula is C42H24N2O2. The van der Waals surface area contributed by atoms with E-state index in [0.29, 0.717) is 0 Å². The topological polar surface area (TPSA) is 52.1 Å². The number of hydrogen-bond donors (Lipinski definition) is 0. The van der Waals surface area contributed by atoms with E-state index in [4.69, 9.17) is 13.8 Å². The Morgan fingerprint density at radius 3 is 1.63 bits per heavy atom. The molecule has 0 bridgehead atoms. The Morgan fingerprint density at radius 2 is 0.957 bits per heavy atom. The lowest BCUT2D eigenvalue weighted by atomic mass is 10.00. The molecule has 4 heterocycles. The Morgan fingerprint density at radius 1 is 0.391 bits per heavy atom. The third kappa shape index (κ3) is 3.80. The van der Waals surface area contributed by atoms with Gasteiger partial charge in [-0.05, 0) is 70.8 Å². The van der Waals surface area contributed by atoms with Crippen molar-refractivity contribution in [2.24, 2.45) is 0 Å². The van der Waals surface area contributed by atoms with Crippen LogP contribution in [0, 0.1) is 0 Å². The molecule has 0 saturated carbocycles. The summed E-state index contributed by atoms with van der Waals surface area (Å²) < 4.78 is 12.8. The van der Waals surface area contributed by atoms with E-state index < -0.39 is 0 Å². The summed E-state index contributed by atoms with van der Waals surface area (Å²) in [6.07, 6.45) is 1.83. The Kier molecular flexibility index (Phi) is 5.25. The molecule has 0 spiro atoms. The Balaban J connectivity index is 1.04. The van der Waals surface area contributed by atoms with E-state index in [2.05, 4.69) is 132 Å². The number of furan rings is 2. The number of pyridine rings is 2. The second-order valence-electron chi connectivity index (χ2n) is 11.8. The zero-order chi connectivity index (χ0) is 30.2. The zero-order valence-corrected chi connectivity index (χ0v) is 24.6. The molecule has 0 aliphatic rings. The van der Waals surface area contributed by atoms with Crippen LogP contribution in [-0.2, 0) is 0 Å². The average molecular weight is 589 g/mol.